The standard InChI is InChI=1S/C30H35N5O5S/c1-17-25(27(36)31-5)20-9-8-19(14-22(20)33(17)6)39-23-10-12-32-21-15-24(41-26(21)23)28(37)35-13-11-18(16-35)34(7)29(38)40-30(2,3)4/h8-10,12,14-15,18H,11,13,16H2,1-7H3,(H,31,36)/t18-/m1/s1. The van der Waals surface area contributed by atoms with Gasteiger partial charge in [0, 0.05) is 63.6 Å². The highest BCUT2D eigenvalue weighted by atomic mass is 32.1. The van der Waals surface area contributed by atoms with Gasteiger partial charge < -0.3 is 29.2 Å². The Labute approximate surface area is 242 Å². The first-order chi connectivity index (χ1) is 19.4. The van der Waals surface area contributed by atoms with E-state index >= 15 is 0 Å². The number of benzene rings is 1. The molecule has 4 heterocycles. The lowest BCUT2D eigenvalue weighted by Gasteiger charge is -2.28. The minimum Gasteiger partial charge on any atom is -0.456 e. The highest BCUT2D eigenvalue weighted by molar-refractivity contribution is 7.21. The fraction of sp³-hybridized carbons (Fsp3) is 0.400. The van der Waals surface area contributed by atoms with Crippen molar-refractivity contribution in [1.82, 2.24) is 24.7 Å². The maximum absolute atomic E-state index is 13.4. The van der Waals surface area contributed by atoms with Gasteiger partial charge >= 0.3 is 6.09 Å². The molecule has 3 amide bonds. The molecule has 1 aromatic carbocycles. The smallest absolute Gasteiger partial charge is 0.410 e. The SMILES string of the molecule is CNC(=O)c1c(C)n(C)c2cc(Oc3ccnc4cc(C(=O)N5CC[C@@H](N(C)C(=O)OC(C)(C)C)C5)sc34)ccc12. The third kappa shape index (κ3) is 5.46. The highest BCUT2D eigenvalue weighted by Crippen LogP contribution is 2.37. The van der Waals surface area contributed by atoms with E-state index in [0.29, 0.717) is 47.0 Å². The Morgan fingerprint density at radius 2 is 1.93 bits per heavy atom. The molecule has 1 N–H and O–H groups in total. The zero-order chi connectivity index (χ0) is 29.6. The lowest BCUT2D eigenvalue weighted by molar-refractivity contribution is 0.0226. The van der Waals surface area contributed by atoms with Crippen molar-refractivity contribution in [1.29, 1.82) is 0 Å². The Morgan fingerprint density at radius 1 is 1.17 bits per heavy atom. The molecule has 0 aliphatic carbocycles. The number of thiophene rings is 1. The summed E-state index contributed by atoms with van der Waals surface area (Å²) in [7, 11) is 5.26. The van der Waals surface area contributed by atoms with Crippen molar-refractivity contribution in [2.45, 2.75) is 45.8 Å². The average molecular weight is 578 g/mol. The number of amides is 3. The summed E-state index contributed by atoms with van der Waals surface area (Å²) in [6.45, 7) is 8.41. The van der Waals surface area contributed by atoms with E-state index in [1.54, 1.807) is 42.2 Å². The largest absolute Gasteiger partial charge is 0.456 e. The van der Waals surface area contributed by atoms with Crippen LogP contribution in [-0.2, 0) is 11.8 Å². The molecule has 0 spiro atoms. The van der Waals surface area contributed by atoms with E-state index in [-0.39, 0.29) is 17.9 Å². The predicted molar refractivity (Wildman–Crippen MR) is 159 cm³/mol. The lowest BCUT2D eigenvalue weighted by Crippen LogP contribution is -2.42. The van der Waals surface area contributed by atoms with Crippen LogP contribution in [0, 0.1) is 6.92 Å². The summed E-state index contributed by atoms with van der Waals surface area (Å²) in [5.74, 6) is 0.985. The van der Waals surface area contributed by atoms with E-state index in [9.17, 15) is 14.4 Å². The molecule has 0 radical (unpaired) electrons. The Bertz CT molecular complexity index is 1670. The number of pyridine rings is 1. The minimum absolute atomic E-state index is 0.0959. The summed E-state index contributed by atoms with van der Waals surface area (Å²) in [5.41, 5.74) is 2.49. The summed E-state index contributed by atoms with van der Waals surface area (Å²) in [6, 6.07) is 9.10. The number of carbonyl (C=O) groups is 3. The first kappa shape index (κ1) is 28.4. The van der Waals surface area contributed by atoms with Gasteiger partial charge in [0.2, 0.25) is 0 Å². The molecule has 5 rings (SSSR count). The predicted octanol–water partition coefficient (Wildman–Crippen LogP) is 5.33. The zero-order valence-corrected chi connectivity index (χ0v) is 25.2. The molecule has 0 unspecified atom stereocenters. The van der Waals surface area contributed by atoms with Crippen LogP contribution in [0.25, 0.3) is 21.1 Å². The van der Waals surface area contributed by atoms with Crippen molar-refractivity contribution in [2.24, 2.45) is 7.05 Å². The number of likely N-dealkylation sites (tertiary alicyclic amines) is 1. The van der Waals surface area contributed by atoms with E-state index in [4.69, 9.17) is 9.47 Å². The molecule has 0 bridgehead atoms. The van der Waals surface area contributed by atoms with Crippen molar-refractivity contribution in [3.63, 3.8) is 0 Å². The van der Waals surface area contributed by atoms with Gasteiger partial charge in [-0.2, -0.15) is 0 Å². The molecule has 1 aliphatic rings. The average Bonchev–Trinajstić information content (AvgIpc) is 3.64. The summed E-state index contributed by atoms with van der Waals surface area (Å²) >= 11 is 1.34. The maximum Gasteiger partial charge on any atom is 0.410 e. The first-order valence-electron chi connectivity index (χ1n) is 13.5. The normalized spacial score (nSPS) is 15.4. The number of ether oxygens (including phenoxy) is 2. The summed E-state index contributed by atoms with van der Waals surface area (Å²) in [4.78, 5) is 46.8. The quantitative estimate of drug-likeness (QED) is 0.344. The fourth-order valence-corrected chi connectivity index (χ4v) is 6.16. The van der Waals surface area contributed by atoms with E-state index in [1.807, 2.05) is 57.5 Å². The van der Waals surface area contributed by atoms with Crippen LogP contribution in [0.3, 0.4) is 0 Å². The van der Waals surface area contributed by atoms with Crippen LogP contribution >= 0.6 is 11.3 Å². The number of carbonyl (C=O) groups excluding carboxylic acids is 3. The third-order valence-corrected chi connectivity index (χ3v) is 8.54. The molecular formula is C30H35N5O5S. The first-order valence-corrected chi connectivity index (χ1v) is 14.3. The van der Waals surface area contributed by atoms with Crippen molar-refractivity contribution in [2.75, 3.05) is 27.2 Å². The van der Waals surface area contributed by atoms with Crippen LogP contribution in [0.2, 0.25) is 0 Å². The van der Waals surface area contributed by atoms with Gasteiger partial charge in [0.05, 0.1) is 32.2 Å². The number of nitrogens with zero attached hydrogens (tertiary/aromatic N) is 4. The van der Waals surface area contributed by atoms with E-state index in [1.165, 1.54) is 11.3 Å². The summed E-state index contributed by atoms with van der Waals surface area (Å²) in [6.07, 6.45) is 1.95. The van der Waals surface area contributed by atoms with Gasteiger partial charge in [0.15, 0.2) is 0 Å². The Balaban J connectivity index is 1.35. The van der Waals surface area contributed by atoms with Crippen molar-refractivity contribution in [3.8, 4) is 11.5 Å². The third-order valence-electron chi connectivity index (χ3n) is 7.41. The molecule has 41 heavy (non-hydrogen) atoms. The Morgan fingerprint density at radius 3 is 2.63 bits per heavy atom. The minimum atomic E-state index is -0.580. The zero-order valence-electron chi connectivity index (χ0n) is 24.4. The number of nitrogens with one attached hydrogen (secondary N) is 1. The van der Waals surface area contributed by atoms with Gasteiger partial charge in [-0.05, 0) is 52.3 Å². The van der Waals surface area contributed by atoms with E-state index in [2.05, 4.69) is 10.3 Å². The van der Waals surface area contributed by atoms with Gasteiger partial charge in [-0.25, -0.2) is 4.79 Å². The maximum atomic E-state index is 13.4. The number of hydrogen-bond donors (Lipinski definition) is 1. The number of aryl methyl sites for hydroxylation is 1. The second kappa shape index (κ2) is 10.7. The Kier molecular flexibility index (Phi) is 7.41. The topological polar surface area (TPSA) is 106 Å². The summed E-state index contributed by atoms with van der Waals surface area (Å²) < 4.78 is 14.5. The molecule has 1 atom stereocenters. The van der Waals surface area contributed by atoms with Gasteiger partial charge in [0.25, 0.3) is 11.8 Å². The molecular weight excluding hydrogens is 542 g/mol. The van der Waals surface area contributed by atoms with Gasteiger partial charge in [-0.15, -0.1) is 11.3 Å². The van der Waals surface area contributed by atoms with Crippen LogP contribution in [0.5, 0.6) is 11.5 Å². The molecule has 1 fully saturated rings. The van der Waals surface area contributed by atoms with E-state index in [0.717, 1.165) is 21.3 Å². The molecule has 216 valence electrons. The second-order valence-electron chi connectivity index (χ2n) is 11.3. The fourth-order valence-electron chi connectivity index (χ4n) is 5.13. The number of likely N-dealkylation sites (N-methyl/N-ethyl adjacent to an activating group) is 1. The van der Waals surface area contributed by atoms with Gasteiger partial charge in [-0.1, -0.05) is 0 Å². The summed E-state index contributed by atoms with van der Waals surface area (Å²) in [5, 5.41) is 3.56. The molecule has 3 aromatic heterocycles. The van der Waals surface area contributed by atoms with Crippen LogP contribution in [0.4, 0.5) is 4.79 Å². The molecule has 0 saturated carbocycles. The number of hydrogen-bond acceptors (Lipinski definition) is 7. The van der Waals surface area contributed by atoms with Crippen LogP contribution in [0.1, 0.15) is 52.9 Å². The molecule has 10 nitrogen and oxygen atoms in total. The van der Waals surface area contributed by atoms with E-state index < -0.39 is 11.7 Å². The van der Waals surface area contributed by atoms with Crippen molar-refractivity contribution in [3.05, 3.63) is 52.7 Å². The van der Waals surface area contributed by atoms with Crippen LogP contribution < -0.4 is 10.1 Å². The monoisotopic (exact) mass is 577 g/mol. The van der Waals surface area contributed by atoms with Crippen LogP contribution in [0.15, 0.2) is 36.5 Å². The highest BCUT2D eigenvalue weighted by Gasteiger charge is 2.34. The Hall–Kier alpha value is -4.12. The molecule has 11 heteroatoms. The van der Waals surface area contributed by atoms with Crippen molar-refractivity contribution >= 4 is 50.4 Å². The van der Waals surface area contributed by atoms with Gasteiger partial charge in [0.1, 0.15) is 17.1 Å². The number of rotatable bonds is 5. The number of aromatic nitrogens is 2. The molecule has 1 saturated heterocycles. The second-order valence-corrected chi connectivity index (χ2v) is 12.4. The molecule has 4 aromatic rings. The van der Waals surface area contributed by atoms with Crippen molar-refractivity contribution < 1.29 is 23.9 Å². The molecule has 1 aliphatic heterocycles. The number of fused-ring (bicyclic) bond motifs is 2. The lowest BCUT2D eigenvalue weighted by atomic mass is 10.1. The van der Waals surface area contributed by atoms with Crippen LogP contribution in [-0.4, -0.2) is 76.1 Å². The van der Waals surface area contributed by atoms with Gasteiger partial charge in [-0.3, -0.25) is 14.6 Å².